The van der Waals surface area contributed by atoms with Crippen LogP contribution in [0.15, 0.2) is 24.3 Å². The van der Waals surface area contributed by atoms with Crippen molar-refractivity contribution >= 4 is 22.8 Å². The molecule has 134 valence electrons. The predicted octanol–water partition coefficient (Wildman–Crippen LogP) is 1.56. The maximum Gasteiger partial charge on any atom is 0.258 e. The third-order valence-electron chi connectivity index (χ3n) is 4.41. The first-order valence-corrected chi connectivity index (χ1v) is 8.79. The number of hydrazine groups is 1. The summed E-state index contributed by atoms with van der Waals surface area (Å²) in [4.78, 5) is 28.9. The van der Waals surface area contributed by atoms with Crippen LogP contribution in [-0.4, -0.2) is 34.6 Å². The Kier molecular flexibility index (Phi) is 5.65. The van der Waals surface area contributed by atoms with E-state index in [1.807, 2.05) is 28.8 Å². The van der Waals surface area contributed by atoms with Gasteiger partial charge in [-0.3, -0.25) is 20.4 Å². The van der Waals surface area contributed by atoms with Crippen LogP contribution in [0.5, 0.6) is 0 Å². The minimum atomic E-state index is -0.270. The maximum atomic E-state index is 12.3. The van der Waals surface area contributed by atoms with Crippen molar-refractivity contribution in [1.82, 2.24) is 20.4 Å². The second-order valence-electron chi connectivity index (χ2n) is 6.30. The smallest absolute Gasteiger partial charge is 0.258 e. The zero-order chi connectivity index (χ0) is 17.6. The molecule has 7 heteroatoms. The molecule has 1 aliphatic rings. The maximum absolute atomic E-state index is 12.3. The van der Waals surface area contributed by atoms with E-state index in [0.29, 0.717) is 19.6 Å². The highest BCUT2D eigenvalue weighted by Crippen LogP contribution is 2.17. The highest BCUT2D eigenvalue weighted by molar-refractivity contribution is 5.84. The number of unbranched alkanes of at least 4 members (excludes halogenated alkanes) is 1. The van der Waals surface area contributed by atoms with Gasteiger partial charge in [0.1, 0.15) is 12.4 Å². The molecule has 1 aromatic heterocycles. The van der Waals surface area contributed by atoms with Crippen LogP contribution in [-0.2, 0) is 27.3 Å². The lowest BCUT2D eigenvalue weighted by molar-refractivity contribution is -0.131. The molecule has 2 aromatic rings. The van der Waals surface area contributed by atoms with E-state index in [9.17, 15) is 9.59 Å². The van der Waals surface area contributed by atoms with Crippen LogP contribution in [0, 0.1) is 5.92 Å². The zero-order valence-electron chi connectivity index (χ0n) is 14.5. The Hall–Kier alpha value is -2.41. The van der Waals surface area contributed by atoms with Gasteiger partial charge in [-0.15, -0.1) is 0 Å². The van der Waals surface area contributed by atoms with Crippen molar-refractivity contribution in [3.63, 3.8) is 0 Å². The molecule has 2 N–H and O–H groups in total. The van der Waals surface area contributed by atoms with Crippen molar-refractivity contribution in [2.24, 2.45) is 5.92 Å². The van der Waals surface area contributed by atoms with Crippen molar-refractivity contribution in [2.45, 2.75) is 39.2 Å². The third kappa shape index (κ3) is 4.17. The highest BCUT2D eigenvalue weighted by Gasteiger charge is 2.23. The number of amides is 2. The molecule has 25 heavy (non-hydrogen) atoms. The first-order valence-electron chi connectivity index (χ1n) is 8.79. The Morgan fingerprint density at radius 1 is 1.32 bits per heavy atom. The predicted molar refractivity (Wildman–Crippen MR) is 93.6 cm³/mol. The molecule has 1 unspecified atom stereocenters. The standard InChI is InChI=1S/C18H24N4O3/c1-2-3-8-16-19-14-6-4-5-7-15(14)22(16)11-17(23)20-21-18(24)13-9-10-25-12-13/h4-7,13H,2-3,8-12H2,1H3,(H,20,23)(H,21,24). The average Bonchev–Trinajstić information content (AvgIpc) is 3.27. The number of carbonyl (C=O) groups is 2. The lowest BCUT2D eigenvalue weighted by atomic mass is 10.1. The van der Waals surface area contributed by atoms with E-state index in [1.165, 1.54) is 0 Å². The molecule has 0 saturated carbocycles. The second-order valence-corrected chi connectivity index (χ2v) is 6.30. The molecule has 2 heterocycles. The number of aryl methyl sites for hydroxylation is 1. The van der Waals surface area contributed by atoms with Gasteiger partial charge < -0.3 is 9.30 Å². The number of aromatic nitrogens is 2. The summed E-state index contributed by atoms with van der Waals surface area (Å²) in [5.74, 6) is 0.240. The molecule has 7 nitrogen and oxygen atoms in total. The molecular formula is C18H24N4O3. The highest BCUT2D eigenvalue weighted by atomic mass is 16.5. The van der Waals surface area contributed by atoms with Gasteiger partial charge >= 0.3 is 0 Å². The minimum Gasteiger partial charge on any atom is -0.381 e. The number of ether oxygens (including phenoxy) is 1. The number of nitrogens with zero attached hydrogens (tertiary/aromatic N) is 2. The fraction of sp³-hybridized carbons (Fsp3) is 0.500. The van der Waals surface area contributed by atoms with Gasteiger partial charge in [0.05, 0.1) is 23.6 Å². The molecule has 0 radical (unpaired) electrons. The van der Waals surface area contributed by atoms with Crippen LogP contribution in [0.25, 0.3) is 11.0 Å². The Balaban J connectivity index is 1.66. The Bertz CT molecular complexity index is 750. The second kappa shape index (κ2) is 8.11. The lowest BCUT2D eigenvalue weighted by Gasteiger charge is -2.12. The van der Waals surface area contributed by atoms with Crippen LogP contribution in [0.2, 0.25) is 0 Å². The first kappa shape index (κ1) is 17.4. The van der Waals surface area contributed by atoms with Gasteiger partial charge in [-0.2, -0.15) is 0 Å². The number of imidazole rings is 1. The molecule has 0 aliphatic carbocycles. The van der Waals surface area contributed by atoms with Crippen molar-refractivity contribution < 1.29 is 14.3 Å². The number of rotatable bonds is 6. The van der Waals surface area contributed by atoms with Crippen LogP contribution in [0.4, 0.5) is 0 Å². The summed E-state index contributed by atoms with van der Waals surface area (Å²) in [6, 6.07) is 7.78. The first-order chi connectivity index (χ1) is 12.2. The largest absolute Gasteiger partial charge is 0.381 e. The van der Waals surface area contributed by atoms with Crippen molar-refractivity contribution in [3.8, 4) is 0 Å². The van der Waals surface area contributed by atoms with E-state index < -0.39 is 0 Å². The molecule has 3 rings (SSSR count). The Morgan fingerprint density at radius 2 is 2.16 bits per heavy atom. The number of carbonyl (C=O) groups excluding carboxylic acids is 2. The average molecular weight is 344 g/mol. The molecule has 1 saturated heterocycles. The van der Waals surface area contributed by atoms with E-state index in [2.05, 4.69) is 22.8 Å². The number of fused-ring (bicyclic) bond motifs is 1. The van der Waals surface area contributed by atoms with Crippen LogP contribution < -0.4 is 10.9 Å². The monoisotopic (exact) mass is 344 g/mol. The van der Waals surface area contributed by atoms with Gasteiger partial charge in [0.15, 0.2) is 0 Å². The van der Waals surface area contributed by atoms with Gasteiger partial charge in [0.2, 0.25) is 5.91 Å². The lowest BCUT2D eigenvalue weighted by Crippen LogP contribution is -2.46. The molecule has 1 atom stereocenters. The van der Waals surface area contributed by atoms with Gasteiger partial charge in [-0.1, -0.05) is 25.5 Å². The fourth-order valence-electron chi connectivity index (χ4n) is 2.99. The van der Waals surface area contributed by atoms with Gasteiger partial charge in [0.25, 0.3) is 5.91 Å². The van der Waals surface area contributed by atoms with E-state index in [4.69, 9.17) is 4.74 Å². The summed E-state index contributed by atoms with van der Waals surface area (Å²) in [5, 5.41) is 0. The number of para-hydroxylation sites is 2. The van der Waals surface area contributed by atoms with Crippen LogP contribution >= 0.6 is 0 Å². The summed E-state index contributed by atoms with van der Waals surface area (Å²) in [7, 11) is 0. The van der Waals surface area contributed by atoms with Crippen molar-refractivity contribution in [3.05, 3.63) is 30.1 Å². The Morgan fingerprint density at radius 3 is 2.92 bits per heavy atom. The Labute approximate surface area is 146 Å². The summed E-state index contributed by atoms with van der Waals surface area (Å²) < 4.78 is 7.11. The quantitative estimate of drug-likeness (QED) is 0.779. The topological polar surface area (TPSA) is 85.3 Å². The van der Waals surface area contributed by atoms with Crippen LogP contribution in [0.1, 0.15) is 32.0 Å². The zero-order valence-corrected chi connectivity index (χ0v) is 14.5. The third-order valence-corrected chi connectivity index (χ3v) is 4.41. The van der Waals surface area contributed by atoms with Crippen LogP contribution in [0.3, 0.4) is 0 Å². The van der Waals surface area contributed by atoms with E-state index >= 15 is 0 Å². The molecule has 0 spiro atoms. The normalized spacial score (nSPS) is 16.9. The summed E-state index contributed by atoms with van der Waals surface area (Å²) in [6.07, 6.45) is 3.59. The molecule has 0 bridgehead atoms. The van der Waals surface area contributed by atoms with E-state index in [0.717, 1.165) is 36.1 Å². The SMILES string of the molecule is CCCCc1nc2ccccc2n1CC(=O)NNC(=O)C1CCOC1. The molecule has 1 aliphatic heterocycles. The summed E-state index contributed by atoms with van der Waals surface area (Å²) in [6.45, 7) is 3.26. The van der Waals surface area contributed by atoms with Gasteiger partial charge in [-0.25, -0.2) is 4.98 Å². The number of hydrogen-bond donors (Lipinski definition) is 2. The molecule has 2 amide bonds. The number of benzene rings is 1. The van der Waals surface area contributed by atoms with Crippen molar-refractivity contribution in [2.75, 3.05) is 13.2 Å². The molecule has 1 fully saturated rings. The van der Waals surface area contributed by atoms with E-state index in [-0.39, 0.29) is 24.3 Å². The minimum absolute atomic E-state index is 0.126. The van der Waals surface area contributed by atoms with Crippen molar-refractivity contribution in [1.29, 1.82) is 0 Å². The van der Waals surface area contributed by atoms with Gasteiger partial charge in [0, 0.05) is 13.0 Å². The molecular weight excluding hydrogens is 320 g/mol. The number of nitrogens with one attached hydrogen (secondary N) is 2. The number of hydrogen-bond acceptors (Lipinski definition) is 4. The fourth-order valence-corrected chi connectivity index (χ4v) is 2.99. The van der Waals surface area contributed by atoms with Gasteiger partial charge in [-0.05, 0) is 25.0 Å². The summed E-state index contributed by atoms with van der Waals surface area (Å²) >= 11 is 0. The summed E-state index contributed by atoms with van der Waals surface area (Å²) in [5.41, 5.74) is 6.81. The van der Waals surface area contributed by atoms with E-state index in [1.54, 1.807) is 0 Å². The molecule has 1 aromatic carbocycles.